The van der Waals surface area contributed by atoms with Crippen molar-refractivity contribution in [3.05, 3.63) is 23.8 Å². The number of ether oxygens (including phenoxy) is 2. The molecule has 0 radical (unpaired) electrons. The lowest BCUT2D eigenvalue weighted by atomic mass is 10.2. The van der Waals surface area contributed by atoms with Gasteiger partial charge < -0.3 is 9.47 Å². The van der Waals surface area contributed by atoms with Gasteiger partial charge in [0.1, 0.15) is 17.3 Å². The Balaban J connectivity index is 3.01. The number of carbonyl (C=O) groups excluding carboxylic acids is 2. The summed E-state index contributed by atoms with van der Waals surface area (Å²) >= 11 is 0. The number of imide groups is 1. The Morgan fingerprint density at radius 3 is 1.79 bits per heavy atom. The number of hydrogen-bond acceptors (Lipinski definition) is 7. The van der Waals surface area contributed by atoms with E-state index in [1.54, 1.807) is 47.6 Å². The molecule has 130 valence electrons. The number of aromatic nitrogens is 2. The molecule has 24 heavy (non-hydrogen) atoms. The zero-order chi connectivity index (χ0) is 18.5. The number of hydrogen-bond donors (Lipinski definition) is 0. The molecule has 1 heterocycles. The van der Waals surface area contributed by atoms with Gasteiger partial charge in [0, 0.05) is 18.0 Å². The quantitative estimate of drug-likeness (QED) is 0.818. The van der Waals surface area contributed by atoms with Gasteiger partial charge in [0.2, 0.25) is 5.82 Å². The molecule has 0 bridgehead atoms. The minimum absolute atomic E-state index is 0.000152. The molecular formula is C16H22N4O4. The van der Waals surface area contributed by atoms with Crippen LogP contribution in [0.15, 0.2) is 12.4 Å². The van der Waals surface area contributed by atoms with Crippen LogP contribution in [0.4, 0.5) is 9.59 Å². The van der Waals surface area contributed by atoms with Crippen LogP contribution < -0.4 is 0 Å². The monoisotopic (exact) mass is 334 g/mol. The molecule has 0 saturated heterocycles. The maximum absolute atomic E-state index is 12.3. The van der Waals surface area contributed by atoms with E-state index in [0.29, 0.717) is 5.56 Å². The number of nitrogens with zero attached hydrogens (tertiary/aromatic N) is 4. The van der Waals surface area contributed by atoms with Gasteiger partial charge in [-0.1, -0.05) is 0 Å². The maximum Gasteiger partial charge on any atom is 0.420 e. The summed E-state index contributed by atoms with van der Waals surface area (Å²) in [6, 6.07) is 1.80. The highest BCUT2D eigenvalue weighted by Crippen LogP contribution is 2.16. The van der Waals surface area contributed by atoms with Crippen molar-refractivity contribution in [3.8, 4) is 6.07 Å². The Kier molecular flexibility index (Phi) is 5.85. The fraction of sp³-hybridized carbons (Fsp3) is 0.562. The van der Waals surface area contributed by atoms with Crippen molar-refractivity contribution in [2.24, 2.45) is 0 Å². The molecule has 0 aliphatic heterocycles. The molecule has 0 aliphatic rings. The summed E-state index contributed by atoms with van der Waals surface area (Å²) in [5.74, 6) is -0.000152. The van der Waals surface area contributed by atoms with Gasteiger partial charge in [-0.15, -0.1) is 0 Å². The van der Waals surface area contributed by atoms with Crippen LogP contribution in [0.1, 0.15) is 52.9 Å². The minimum Gasteiger partial charge on any atom is -0.443 e. The van der Waals surface area contributed by atoms with Gasteiger partial charge in [-0.25, -0.2) is 24.5 Å². The molecule has 0 unspecified atom stereocenters. The predicted molar refractivity (Wildman–Crippen MR) is 84.8 cm³/mol. The Morgan fingerprint density at radius 2 is 1.46 bits per heavy atom. The summed E-state index contributed by atoms with van der Waals surface area (Å²) in [6.07, 6.45) is 1.07. The van der Waals surface area contributed by atoms with Crippen LogP contribution in [0.3, 0.4) is 0 Å². The van der Waals surface area contributed by atoms with E-state index in [9.17, 15) is 9.59 Å². The molecule has 1 aromatic rings. The van der Waals surface area contributed by atoms with Crippen LogP contribution in [-0.2, 0) is 16.0 Å². The molecule has 8 heteroatoms. The Morgan fingerprint density at radius 1 is 1.04 bits per heavy atom. The highest BCUT2D eigenvalue weighted by molar-refractivity contribution is 5.88. The second-order valence-corrected chi connectivity index (χ2v) is 7.07. The smallest absolute Gasteiger partial charge is 0.420 e. The fourth-order valence-electron chi connectivity index (χ4n) is 1.51. The summed E-state index contributed by atoms with van der Waals surface area (Å²) in [4.78, 5) is 33.1. The second-order valence-electron chi connectivity index (χ2n) is 7.07. The third-order valence-electron chi connectivity index (χ3n) is 2.37. The Labute approximate surface area is 141 Å². The van der Waals surface area contributed by atoms with E-state index in [1.165, 1.54) is 12.4 Å². The van der Waals surface area contributed by atoms with Crippen LogP contribution in [-0.4, -0.2) is 38.3 Å². The van der Waals surface area contributed by atoms with Crippen LogP contribution in [0.2, 0.25) is 0 Å². The van der Waals surface area contributed by atoms with E-state index in [1.807, 2.05) is 0 Å². The normalized spacial score (nSPS) is 11.4. The first-order chi connectivity index (χ1) is 10.9. The number of carbonyl (C=O) groups is 2. The van der Waals surface area contributed by atoms with E-state index < -0.39 is 23.4 Å². The van der Waals surface area contributed by atoms with Crippen molar-refractivity contribution in [2.75, 3.05) is 0 Å². The van der Waals surface area contributed by atoms with Crippen molar-refractivity contribution in [2.45, 2.75) is 59.3 Å². The van der Waals surface area contributed by atoms with Crippen LogP contribution in [0.25, 0.3) is 0 Å². The lowest BCUT2D eigenvalue weighted by molar-refractivity contribution is -0.000272. The van der Waals surface area contributed by atoms with E-state index in [2.05, 4.69) is 9.97 Å². The van der Waals surface area contributed by atoms with Crippen molar-refractivity contribution < 1.29 is 19.1 Å². The summed E-state index contributed by atoms with van der Waals surface area (Å²) in [7, 11) is 0. The first-order valence-corrected chi connectivity index (χ1v) is 7.36. The molecule has 0 aromatic carbocycles. The average molecular weight is 334 g/mol. The summed E-state index contributed by atoms with van der Waals surface area (Å²) in [6.45, 7) is 10.1. The zero-order valence-corrected chi connectivity index (χ0v) is 14.8. The summed E-state index contributed by atoms with van der Waals surface area (Å²) in [5.41, 5.74) is -1.07. The van der Waals surface area contributed by atoms with Crippen molar-refractivity contribution in [3.63, 3.8) is 0 Å². The second kappa shape index (κ2) is 7.25. The summed E-state index contributed by atoms with van der Waals surface area (Å²) in [5, 5.41) is 8.71. The Hall–Kier alpha value is -2.69. The first kappa shape index (κ1) is 19.4. The van der Waals surface area contributed by atoms with E-state index >= 15 is 0 Å². The average Bonchev–Trinajstić information content (AvgIpc) is 2.41. The SMILES string of the molecule is CC(C)(C)OC(=O)N(Cc1cnc(C#N)nc1)C(=O)OC(C)(C)C. The van der Waals surface area contributed by atoms with Gasteiger partial charge in [0.15, 0.2) is 0 Å². The fourth-order valence-corrected chi connectivity index (χ4v) is 1.51. The van der Waals surface area contributed by atoms with Crippen molar-refractivity contribution in [1.29, 1.82) is 5.26 Å². The Bertz CT molecular complexity index is 608. The molecule has 0 fully saturated rings. The lowest BCUT2D eigenvalue weighted by Gasteiger charge is -2.28. The van der Waals surface area contributed by atoms with Gasteiger partial charge in [0.05, 0.1) is 6.54 Å². The molecule has 1 aromatic heterocycles. The lowest BCUT2D eigenvalue weighted by Crippen LogP contribution is -2.43. The van der Waals surface area contributed by atoms with Gasteiger partial charge in [-0.2, -0.15) is 5.26 Å². The zero-order valence-electron chi connectivity index (χ0n) is 14.8. The highest BCUT2D eigenvalue weighted by atomic mass is 16.6. The maximum atomic E-state index is 12.3. The van der Waals surface area contributed by atoms with E-state index in [4.69, 9.17) is 14.7 Å². The highest BCUT2D eigenvalue weighted by Gasteiger charge is 2.31. The number of amides is 2. The van der Waals surface area contributed by atoms with Crippen LogP contribution >= 0.6 is 0 Å². The van der Waals surface area contributed by atoms with Gasteiger partial charge in [0.25, 0.3) is 0 Å². The summed E-state index contributed by atoms with van der Waals surface area (Å²) < 4.78 is 10.5. The molecule has 2 amide bonds. The number of nitriles is 1. The molecule has 8 nitrogen and oxygen atoms in total. The molecule has 1 rings (SSSR count). The molecule has 0 spiro atoms. The van der Waals surface area contributed by atoms with E-state index in [-0.39, 0.29) is 12.4 Å². The molecule has 0 saturated carbocycles. The van der Waals surface area contributed by atoms with Gasteiger partial charge in [-0.05, 0) is 41.5 Å². The van der Waals surface area contributed by atoms with Crippen LogP contribution in [0.5, 0.6) is 0 Å². The predicted octanol–water partition coefficient (Wildman–Crippen LogP) is 3.02. The minimum atomic E-state index is -0.832. The van der Waals surface area contributed by atoms with Gasteiger partial charge >= 0.3 is 12.2 Å². The standard InChI is InChI=1S/C16H22N4O4/c1-15(2,3)23-13(21)20(14(22)24-16(4,5)6)10-11-8-18-12(7-17)19-9-11/h8-9H,10H2,1-6H3. The molecule has 0 aliphatic carbocycles. The molecular weight excluding hydrogens is 312 g/mol. The van der Waals surface area contributed by atoms with Crippen molar-refractivity contribution >= 4 is 12.2 Å². The van der Waals surface area contributed by atoms with Gasteiger partial charge in [-0.3, -0.25) is 0 Å². The first-order valence-electron chi connectivity index (χ1n) is 7.36. The van der Waals surface area contributed by atoms with E-state index in [0.717, 1.165) is 4.90 Å². The third kappa shape index (κ3) is 6.60. The largest absolute Gasteiger partial charge is 0.443 e. The molecule has 0 atom stereocenters. The number of rotatable bonds is 2. The van der Waals surface area contributed by atoms with Crippen LogP contribution in [0, 0.1) is 11.3 Å². The topological polar surface area (TPSA) is 105 Å². The van der Waals surface area contributed by atoms with Crippen molar-refractivity contribution in [1.82, 2.24) is 14.9 Å². The molecule has 0 N–H and O–H groups in total. The third-order valence-corrected chi connectivity index (χ3v) is 2.37.